The van der Waals surface area contributed by atoms with Crippen molar-refractivity contribution >= 4 is 23.5 Å². The van der Waals surface area contributed by atoms with Crippen molar-refractivity contribution < 1.29 is 23.8 Å². The second kappa shape index (κ2) is 7.45. The highest BCUT2D eigenvalue weighted by Crippen LogP contribution is 2.27. The van der Waals surface area contributed by atoms with Gasteiger partial charge in [-0.25, -0.2) is 4.39 Å². The van der Waals surface area contributed by atoms with Crippen LogP contribution in [0.15, 0.2) is 12.1 Å². The fourth-order valence-electron chi connectivity index (χ4n) is 1.87. The SMILES string of the molecule is CCOc1cc(F)c(Cl)cc1C(=O)NCC(C)(C)CC(=O)O. The Labute approximate surface area is 133 Å². The number of benzene rings is 1. The summed E-state index contributed by atoms with van der Waals surface area (Å²) in [6.07, 6.45) is -0.0875. The Morgan fingerprint density at radius 2 is 2.05 bits per heavy atom. The van der Waals surface area contributed by atoms with Gasteiger partial charge in [-0.05, 0) is 18.4 Å². The van der Waals surface area contributed by atoms with E-state index in [2.05, 4.69) is 5.32 Å². The molecule has 5 nitrogen and oxygen atoms in total. The fraction of sp³-hybridized carbons (Fsp3) is 0.467. The maximum Gasteiger partial charge on any atom is 0.303 e. The van der Waals surface area contributed by atoms with E-state index in [-0.39, 0.29) is 35.9 Å². The van der Waals surface area contributed by atoms with E-state index in [1.807, 2.05) is 0 Å². The van der Waals surface area contributed by atoms with E-state index in [0.29, 0.717) is 0 Å². The van der Waals surface area contributed by atoms with Crippen molar-refractivity contribution in [2.45, 2.75) is 27.2 Å². The van der Waals surface area contributed by atoms with Crippen molar-refractivity contribution in [2.75, 3.05) is 13.2 Å². The Bertz CT molecular complexity index is 575. The second-order valence-corrected chi connectivity index (χ2v) is 6.02. The van der Waals surface area contributed by atoms with Crippen molar-refractivity contribution in [3.63, 3.8) is 0 Å². The number of hydrogen-bond donors (Lipinski definition) is 2. The molecule has 7 heteroatoms. The predicted octanol–water partition coefficient (Wildman–Crippen LogP) is 3.11. The minimum atomic E-state index is -0.945. The van der Waals surface area contributed by atoms with Gasteiger partial charge in [-0.15, -0.1) is 0 Å². The molecule has 1 aromatic carbocycles. The first-order valence-corrected chi connectivity index (χ1v) is 7.16. The Morgan fingerprint density at radius 3 is 2.59 bits per heavy atom. The number of halogens is 2. The molecule has 0 fully saturated rings. The number of carbonyl (C=O) groups is 2. The molecule has 0 bridgehead atoms. The Kier molecular flexibility index (Phi) is 6.17. The predicted molar refractivity (Wildman–Crippen MR) is 80.9 cm³/mol. The molecule has 0 radical (unpaired) electrons. The first kappa shape index (κ1) is 18.2. The summed E-state index contributed by atoms with van der Waals surface area (Å²) in [5, 5.41) is 11.3. The summed E-state index contributed by atoms with van der Waals surface area (Å²) in [4.78, 5) is 23.0. The van der Waals surface area contributed by atoms with Crippen molar-refractivity contribution in [3.8, 4) is 5.75 Å². The number of aliphatic carboxylic acids is 1. The molecule has 0 saturated heterocycles. The third kappa shape index (κ3) is 5.18. The molecule has 22 heavy (non-hydrogen) atoms. The van der Waals surface area contributed by atoms with Crippen molar-refractivity contribution in [1.82, 2.24) is 5.32 Å². The van der Waals surface area contributed by atoms with Gasteiger partial charge >= 0.3 is 5.97 Å². The molecule has 0 aliphatic heterocycles. The molecular weight excluding hydrogens is 313 g/mol. The zero-order valence-electron chi connectivity index (χ0n) is 12.7. The van der Waals surface area contributed by atoms with Gasteiger partial charge in [-0.2, -0.15) is 0 Å². The van der Waals surface area contributed by atoms with Crippen molar-refractivity contribution in [3.05, 3.63) is 28.5 Å². The highest BCUT2D eigenvalue weighted by Gasteiger charge is 2.24. The zero-order chi connectivity index (χ0) is 16.9. The van der Waals surface area contributed by atoms with Crippen LogP contribution in [-0.2, 0) is 4.79 Å². The van der Waals surface area contributed by atoms with Crippen molar-refractivity contribution in [2.24, 2.45) is 5.41 Å². The van der Waals surface area contributed by atoms with Gasteiger partial charge in [0.1, 0.15) is 11.6 Å². The van der Waals surface area contributed by atoms with Crippen LogP contribution in [-0.4, -0.2) is 30.1 Å². The number of amides is 1. The summed E-state index contributed by atoms with van der Waals surface area (Å²) in [6.45, 7) is 5.58. The molecule has 0 saturated carbocycles. The molecule has 0 aliphatic carbocycles. The van der Waals surface area contributed by atoms with E-state index in [4.69, 9.17) is 21.4 Å². The lowest BCUT2D eigenvalue weighted by atomic mass is 9.89. The van der Waals surface area contributed by atoms with Crippen LogP contribution in [0.2, 0.25) is 5.02 Å². The molecule has 1 amide bonds. The first-order chi connectivity index (χ1) is 10.2. The first-order valence-electron chi connectivity index (χ1n) is 6.78. The van der Waals surface area contributed by atoms with Gasteiger partial charge in [0.05, 0.1) is 23.6 Å². The van der Waals surface area contributed by atoms with Gasteiger partial charge in [0.15, 0.2) is 0 Å². The van der Waals surface area contributed by atoms with Crippen LogP contribution >= 0.6 is 11.6 Å². The van der Waals surface area contributed by atoms with Crippen molar-refractivity contribution in [1.29, 1.82) is 0 Å². The van der Waals surface area contributed by atoms with E-state index in [1.165, 1.54) is 6.07 Å². The molecule has 0 unspecified atom stereocenters. The third-order valence-corrected chi connectivity index (χ3v) is 3.21. The molecule has 122 valence electrons. The summed E-state index contributed by atoms with van der Waals surface area (Å²) in [6, 6.07) is 2.25. The summed E-state index contributed by atoms with van der Waals surface area (Å²) < 4.78 is 18.7. The normalized spacial score (nSPS) is 11.1. The lowest BCUT2D eigenvalue weighted by molar-refractivity contribution is -0.139. The summed E-state index contributed by atoms with van der Waals surface area (Å²) in [5.74, 6) is -2.02. The summed E-state index contributed by atoms with van der Waals surface area (Å²) in [5.41, 5.74) is -0.503. The number of hydrogen-bond acceptors (Lipinski definition) is 3. The number of carbonyl (C=O) groups excluding carboxylic acids is 1. The van der Waals surface area contributed by atoms with Crippen LogP contribution in [0.25, 0.3) is 0 Å². The van der Waals surface area contributed by atoms with Gasteiger partial charge in [-0.3, -0.25) is 9.59 Å². The van der Waals surface area contributed by atoms with Crippen LogP contribution < -0.4 is 10.1 Å². The third-order valence-electron chi connectivity index (χ3n) is 2.92. The minimum absolute atomic E-state index is 0.0875. The van der Waals surface area contributed by atoms with Crippen LogP contribution in [0, 0.1) is 11.2 Å². The average Bonchev–Trinajstić information content (AvgIpc) is 2.39. The lowest BCUT2D eigenvalue weighted by Crippen LogP contribution is -2.35. The molecule has 0 heterocycles. The summed E-state index contributed by atoms with van der Waals surface area (Å²) >= 11 is 5.70. The van der Waals surface area contributed by atoms with Gasteiger partial charge in [0.25, 0.3) is 5.91 Å². The molecule has 1 aromatic rings. The maximum absolute atomic E-state index is 13.5. The van der Waals surface area contributed by atoms with Crippen LogP contribution in [0.4, 0.5) is 4.39 Å². The molecule has 2 N–H and O–H groups in total. The molecule has 0 aliphatic rings. The fourth-order valence-corrected chi connectivity index (χ4v) is 2.03. The van der Waals surface area contributed by atoms with E-state index >= 15 is 0 Å². The van der Waals surface area contributed by atoms with E-state index in [0.717, 1.165) is 6.07 Å². The van der Waals surface area contributed by atoms with E-state index in [1.54, 1.807) is 20.8 Å². The quantitative estimate of drug-likeness (QED) is 0.805. The Morgan fingerprint density at radius 1 is 1.41 bits per heavy atom. The summed E-state index contributed by atoms with van der Waals surface area (Å²) in [7, 11) is 0. The number of carboxylic acids is 1. The molecule has 0 atom stereocenters. The van der Waals surface area contributed by atoms with Crippen LogP contribution in [0.5, 0.6) is 5.75 Å². The Balaban J connectivity index is 2.89. The van der Waals surface area contributed by atoms with Gasteiger partial charge in [0.2, 0.25) is 0 Å². The smallest absolute Gasteiger partial charge is 0.303 e. The standard InChI is InChI=1S/C15H19ClFNO4/c1-4-22-12-6-11(17)10(16)5-9(12)14(21)18-8-15(2,3)7-13(19)20/h5-6H,4,7-8H2,1-3H3,(H,18,21)(H,19,20). The molecule has 0 spiro atoms. The number of nitrogens with one attached hydrogen (secondary N) is 1. The number of ether oxygens (including phenoxy) is 1. The molecular formula is C15H19ClFNO4. The highest BCUT2D eigenvalue weighted by molar-refractivity contribution is 6.31. The highest BCUT2D eigenvalue weighted by atomic mass is 35.5. The van der Waals surface area contributed by atoms with Gasteiger partial charge in [-0.1, -0.05) is 25.4 Å². The van der Waals surface area contributed by atoms with Gasteiger partial charge in [0, 0.05) is 12.6 Å². The second-order valence-electron chi connectivity index (χ2n) is 5.61. The van der Waals surface area contributed by atoms with Crippen LogP contribution in [0.3, 0.4) is 0 Å². The lowest BCUT2D eigenvalue weighted by Gasteiger charge is -2.23. The maximum atomic E-state index is 13.5. The van der Waals surface area contributed by atoms with Crippen LogP contribution in [0.1, 0.15) is 37.6 Å². The zero-order valence-corrected chi connectivity index (χ0v) is 13.5. The van der Waals surface area contributed by atoms with E-state index in [9.17, 15) is 14.0 Å². The molecule has 0 aromatic heterocycles. The monoisotopic (exact) mass is 331 g/mol. The number of rotatable bonds is 7. The molecule has 1 rings (SSSR count). The Hall–Kier alpha value is -1.82. The largest absolute Gasteiger partial charge is 0.493 e. The van der Waals surface area contributed by atoms with E-state index < -0.39 is 23.1 Å². The number of carboxylic acid groups (broad SMARTS) is 1. The minimum Gasteiger partial charge on any atom is -0.493 e. The average molecular weight is 332 g/mol. The van der Waals surface area contributed by atoms with Gasteiger partial charge < -0.3 is 15.2 Å². The topological polar surface area (TPSA) is 75.6 Å².